The average molecular weight is 306 g/mol. The molecule has 112 valence electrons. The Morgan fingerprint density at radius 2 is 2.14 bits per heavy atom. The van der Waals surface area contributed by atoms with Crippen LogP contribution in [0, 0.1) is 6.92 Å². The highest BCUT2D eigenvalue weighted by Gasteiger charge is 2.15. The lowest BCUT2D eigenvalue weighted by Crippen LogP contribution is -2.21. The van der Waals surface area contributed by atoms with E-state index < -0.39 is 6.10 Å². The summed E-state index contributed by atoms with van der Waals surface area (Å²) in [6.45, 7) is 4.23. The maximum Gasteiger partial charge on any atom is 0.161 e. The number of aliphatic hydroxyl groups is 1. The van der Waals surface area contributed by atoms with Crippen molar-refractivity contribution < 1.29 is 14.6 Å². The topological polar surface area (TPSA) is 63.6 Å². The zero-order valence-electron chi connectivity index (χ0n) is 11.8. The van der Waals surface area contributed by atoms with Gasteiger partial charge >= 0.3 is 0 Å². The average Bonchev–Trinajstić information content (AvgIpc) is 2.92. The molecule has 5 nitrogen and oxygen atoms in total. The number of thiazole rings is 1. The molecule has 0 saturated carbocycles. The highest BCUT2D eigenvalue weighted by atomic mass is 32.1. The lowest BCUT2D eigenvalue weighted by Gasteiger charge is -2.20. The minimum Gasteiger partial charge on any atom is -0.486 e. The first-order valence-corrected chi connectivity index (χ1v) is 7.79. The minimum atomic E-state index is -0.583. The van der Waals surface area contributed by atoms with Gasteiger partial charge in [0, 0.05) is 18.5 Å². The largest absolute Gasteiger partial charge is 0.486 e. The number of nitrogens with one attached hydrogen (secondary N) is 1. The summed E-state index contributed by atoms with van der Waals surface area (Å²) in [4.78, 5) is 4.38. The van der Waals surface area contributed by atoms with Crippen LogP contribution in [0.4, 0.5) is 0 Å². The van der Waals surface area contributed by atoms with E-state index in [4.69, 9.17) is 9.47 Å². The van der Waals surface area contributed by atoms with E-state index in [1.165, 1.54) is 0 Å². The number of hydrogen-bond donors (Lipinski definition) is 2. The fourth-order valence-electron chi connectivity index (χ4n) is 2.21. The van der Waals surface area contributed by atoms with Gasteiger partial charge in [-0.05, 0) is 24.6 Å². The Labute approximate surface area is 127 Å². The van der Waals surface area contributed by atoms with Crippen molar-refractivity contribution in [2.24, 2.45) is 0 Å². The molecule has 0 bridgehead atoms. The molecule has 2 aromatic rings. The van der Waals surface area contributed by atoms with Gasteiger partial charge in [-0.3, -0.25) is 0 Å². The predicted octanol–water partition coefficient (Wildman–Crippen LogP) is 2.05. The van der Waals surface area contributed by atoms with Crippen LogP contribution in [-0.4, -0.2) is 29.8 Å². The molecule has 1 atom stereocenters. The molecule has 1 aromatic carbocycles. The maximum atomic E-state index is 10.2. The second-order valence-corrected chi connectivity index (χ2v) is 5.97. The van der Waals surface area contributed by atoms with E-state index in [9.17, 15) is 5.11 Å². The van der Waals surface area contributed by atoms with Gasteiger partial charge in [0.05, 0.1) is 16.8 Å². The number of aryl methyl sites for hydroxylation is 1. The highest BCUT2D eigenvalue weighted by molar-refractivity contribution is 7.09. The Morgan fingerprint density at radius 1 is 1.33 bits per heavy atom. The van der Waals surface area contributed by atoms with Gasteiger partial charge in [-0.25, -0.2) is 4.98 Å². The first-order chi connectivity index (χ1) is 10.2. The molecule has 1 aliphatic heterocycles. The van der Waals surface area contributed by atoms with Crippen LogP contribution in [-0.2, 0) is 6.54 Å². The zero-order chi connectivity index (χ0) is 14.7. The van der Waals surface area contributed by atoms with Crippen molar-refractivity contribution in [3.05, 3.63) is 39.8 Å². The smallest absolute Gasteiger partial charge is 0.161 e. The van der Waals surface area contributed by atoms with Gasteiger partial charge in [0.1, 0.15) is 13.2 Å². The Morgan fingerprint density at radius 3 is 2.90 bits per heavy atom. The second kappa shape index (κ2) is 6.43. The summed E-state index contributed by atoms with van der Waals surface area (Å²) in [6.07, 6.45) is -0.583. The monoisotopic (exact) mass is 306 g/mol. The van der Waals surface area contributed by atoms with Gasteiger partial charge in [-0.1, -0.05) is 6.07 Å². The number of ether oxygens (including phenoxy) is 2. The molecule has 0 amide bonds. The fraction of sp³-hybridized carbons (Fsp3) is 0.400. The quantitative estimate of drug-likeness (QED) is 0.885. The molecule has 0 saturated heterocycles. The van der Waals surface area contributed by atoms with E-state index in [1.54, 1.807) is 11.3 Å². The number of nitrogens with zero attached hydrogens (tertiary/aromatic N) is 1. The van der Waals surface area contributed by atoms with Crippen molar-refractivity contribution in [2.45, 2.75) is 19.6 Å². The highest BCUT2D eigenvalue weighted by Crippen LogP contribution is 2.32. The van der Waals surface area contributed by atoms with Gasteiger partial charge < -0.3 is 19.9 Å². The van der Waals surface area contributed by atoms with Crippen molar-refractivity contribution in [1.82, 2.24) is 10.3 Å². The van der Waals surface area contributed by atoms with Crippen LogP contribution in [0.15, 0.2) is 23.6 Å². The summed E-state index contributed by atoms with van der Waals surface area (Å²) < 4.78 is 11.0. The molecule has 1 aliphatic rings. The molecular weight excluding hydrogens is 288 g/mol. The number of aliphatic hydroxyl groups excluding tert-OH is 1. The molecule has 21 heavy (non-hydrogen) atoms. The Hall–Kier alpha value is -1.63. The van der Waals surface area contributed by atoms with Crippen LogP contribution in [0.3, 0.4) is 0 Å². The Bertz CT molecular complexity index is 615. The number of hydrogen-bond acceptors (Lipinski definition) is 6. The van der Waals surface area contributed by atoms with Crippen molar-refractivity contribution >= 4 is 11.3 Å². The van der Waals surface area contributed by atoms with Crippen molar-refractivity contribution in [3.63, 3.8) is 0 Å². The van der Waals surface area contributed by atoms with Gasteiger partial charge in [0.25, 0.3) is 0 Å². The van der Waals surface area contributed by atoms with Crippen LogP contribution >= 0.6 is 11.3 Å². The van der Waals surface area contributed by atoms with Crippen molar-refractivity contribution in [2.75, 3.05) is 19.8 Å². The molecule has 0 spiro atoms. The van der Waals surface area contributed by atoms with E-state index >= 15 is 0 Å². The molecule has 0 fully saturated rings. The Balaban J connectivity index is 1.56. The SMILES string of the molecule is Cc1nc(CNCC(O)c2ccc3c(c2)OCCO3)cs1. The summed E-state index contributed by atoms with van der Waals surface area (Å²) in [5.41, 5.74) is 1.83. The first-order valence-electron chi connectivity index (χ1n) is 6.92. The van der Waals surface area contributed by atoms with E-state index in [1.807, 2.05) is 30.5 Å². The molecule has 1 unspecified atom stereocenters. The van der Waals surface area contributed by atoms with Crippen molar-refractivity contribution in [3.8, 4) is 11.5 Å². The van der Waals surface area contributed by atoms with Gasteiger partial charge in [-0.2, -0.15) is 0 Å². The first kappa shape index (κ1) is 14.3. The van der Waals surface area contributed by atoms with E-state index in [0.29, 0.717) is 32.1 Å². The molecular formula is C15H18N2O3S. The number of benzene rings is 1. The summed E-state index contributed by atoms with van der Waals surface area (Å²) in [5, 5.41) is 16.5. The van der Waals surface area contributed by atoms with E-state index in [-0.39, 0.29) is 0 Å². The molecule has 0 aliphatic carbocycles. The zero-order valence-corrected chi connectivity index (χ0v) is 12.7. The third kappa shape index (κ3) is 3.53. The lowest BCUT2D eigenvalue weighted by molar-refractivity contribution is 0.163. The van der Waals surface area contributed by atoms with Crippen LogP contribution in [0.25, 0.3) is 0 Å². The maximum absolute atomic E-state index is 10.2. The normalized spacial score (nSPS) is 15.0. The summed E-state index contributed by atoms with van der Waals surface area (Å²) in [5.74, 6) is 1.44. The third-order valence-electron chi connectivity index (χ3n) is 3.26. The molecule has 6 heteroatoms. The summed E-state index contributed by atoms with van der Waals surface area (Å²) in [6, 6.07) is 5.55. The standard InChI is InChI=1S/C15H18N2O3S/c1-10-17-12(9-21-10)7-16-8-13(18)11-2-3-14-15(6-11)20-5-4-19-14/h2-3,6,9,13,16,18H,4-5,7-8H2,1H3. The Kier molecular flexibility index (Phi) is 4.38. The van der Waals surface area contributed by atoms with Crippen molar-refractivity contribution in [1.29, 1.82) is 0 Å². The summed E-state index contributed by atoms with van der Waals surface area (Å²) >= 11 is 1.63. The third-order valence-corrected chi connectivity index (χ3v) is 4.08. The van der Waals surface area contributed by atoms with E-state index in [0.717, 1.165) is 22.0 Å². The number of fused-ring (bicyclic) bond motifs is 1. The van der Waals surface area contributed by atoms with Gasteiger partial charge in [0.2, 0.25) is 0 Å². The number of rotatable bonds is 5. The van der Waals surface area contributed by atoms with Crippen LogP contribution in [0.5, 0.6) is 11.5 Å². The van der Waals surface area contributed by atoms with Crippen LogP contribution in [0.1, 0.15) is 22.4 Å². The summed E-state index contributed by atoms with van der Waals surface area (Å²) in [7, 11) is 0. The van der Waals surface area contributed by atoms with Crippen LogP contribution in [0.2, 0.25) is 0 Å². The second-order valence-electron chi connectivity index (χ2n) is 4.91. The van der Waals surface area contributed by atoms with Gasteiger partial charge in [-0.15, -0.1) is 11.3 Å². The molecule has 3 rings (SSSR count). The van der Waals surface area contributed by atoms with Crippen LogP contribution < -0.4 is 14.8 Å². The fourth-order valence-corrected chi connectivity index (χ4v) is 2.82. The van der Waals surface area contributed by atoms with Gasteiger partial charge in [0.15, 0.2) is 11.5 Å². The molecule has 1 aromatic heterocycles. The van der Waals surface area contributed by atoms with E-state index in [2.05, 4.69) is 10.3 Å². The molecule has 2 N–H and O–H groups in total. The minimum absolute atomic E-state index is 0.468. The molecule has 0 radical (unpaired) electrons. The number of aromatic nitrogens is 1. The lowest BCUT2D eigenvalue weighted by atomic mass is 10.1. The molecule has 2 heterocycles. The predicted molar refractivity (Wildman–Crippen MR) is 80.9 cm³/mol.